The summed E-state index contributed by atoms with van der Waals surface area (Å²) < 4.78 is 0. The van der Waals surface area contributed by atoms with E-state index >= 15 is 0 Å². The topological polar surface area (TPSA) is 73.0 Å². The first-order chi connectivity index (χ1) is 15.2. The van der Waals surface area contributed by atoms with Crippen molar-refractivity contribution in [2.24, 2.45) is 5.41 Å². The summed E-state index contributed by atoms with van der Waals surface area (Å²) in [5.74, 6) is -0.924. The smallest absolute Gasteiger partial charge is 0.335 e. The number of hydrogen-bond donors (Lipinski definition) is 1. The van der Waals surface area contributed by atoms with E-state index in [-0.39, 0.29) is 12.5 Å². The zero-order valence-corrected chi connectivity index (χ0v) is 18.9. The van der Waals surface area contributed by atoms with E-state index in [4.69, 9.17) is 0 Å². The Kier molecular flexibility index (Phi) is 4.64. The summed E-state index contributed by atoms with van der Waals surface area (Å²) in [4.78, 5) is 46.4. The van der Waals surface area contributed by atoms with Crippen LogP contribution in [0.4, 0.5) is 16.2 Å². The van der Waals surface area contributed by atoms with Gasteiger partial charge in [0.2, 0.25) is 5.91 Å². The Morgan fingerprint density at radius 2 is 1.69 bits per heavy atom. The predicted molar refractivity (Wildman–Crippen MR) is 123 cm³/mol. The van der Waals surface area contributed by atoms with Crippen LogP contribution in [0.1, 0.15) is 22.3 Å². The van der Waals surface area contributed by atoms with Crippen LogP contribution in [0.25, 0.3) is 0 Å². The molecule has 1 N–H and O–H groups in total. The summed E-state index contributed by atoms with van der Waals surface area (Å²) in [6.07, 6.45) is 0.274. The van der Waals surface area contributed by atoms with Crippen LogP contribution in [0.15, 0.2) is 36.4 Å². The Morgan fingerprint density at radius 1 is 1.00 bits per heavy atom. The molecule has 2 atom stereocenters. The van der Waals surface area contributed by atoms with E-state index in [2.05, 4.69) is 21.2 Å². The Morgan fingerprint density at radius 3 is 2.41 bits per heavy atom. The molecule has 5 rings (SSSR count). The molecule has 0 aliphatic carbocycles. The highest BCUT2D eigenvalue weighted by molar-refractivity contribution is 6.31. The van der Waals surface area contributed by atoms with E-state index in [0.717, 1.165) is 41.0 Å². The number of anilines is 2. The fraction of sp³-hybridized carbons (Fsp3) is 0.400. The highest BCUT2D eigenvalue weighted by Crippen LogP contribution is 2.46. The van der Waals surface area contributed by atoms with Gasteiger partial charge >= 0.3 is 6.03 Å². The SMILES string of the molecule is Cc1cc(C)c(N2C(=O)NC(=O)[C@@]3(Cc4ccccc4N4CCN(C)C[C@@H]43)C2=O)c(C)c1. The van der Waals surface area contributed by atoms with Gasteiger partial charge in [-0.25, -0.2) is 9.69 Å². The largest absolute Gasteiger partial charge is 0.364 e. The zero-order valence-electron chi connectivity index (χ0n) is 18.9. The molecule has 1 spiro atoms. The summed E-state index contributed by atoms with van der Waals surface area (Å²) >= 11 is 0. The van der Waals surface area contributed by atoms with Gasteiger partial charge in [0.05, 0.1) is 11.7 Å². The third-order valence-corrected chi connectivity index (χ3v) is 7.20. The van der Waals surface area contributed by atoms with Crippen molar-refractivity contribution in [3.63, 3.8) is 0 Å². The van der Waals surface area contributed by atoms with Crippen molar-refractivity contribution in [1.29, 1.82) is 0 Å². The highest BCUT2D eigenvalue weighted by atomic mass is 16.2. The number of likely N-dealkylation sites (N-methyl/N-ethyl adjacent to an activating group) is 1. The number of hydrogen-bond acceptors (Lipinski definition) is 5. The van der Waals surface area contributed by atoms with Crippen LogP contribution in [0.3, 0.4) is 0 Å². The van der Waals surface area contributed by atoms with Crippen molar-refractivity contribution in [3.05, 3.63) is 58.7 Å². The molecule has 2 aromatic rings. The summed E-state index contributed by atoms with van der Waals surface area (Å²) in [6.45, 7) is 7.92. The van der Waals surface area contributed by atoms with Gasteiger partial charge in [-0.1, -0.05) is 35.9 Å². The first kappa shape index (κ1) is 20.7. The Balaban J connectivity index is 1.70. The van der Waals surface area contributed by atoms with E-state index in [9.17, 15) is 14.4 Å². The van der Waals surface area contributed by atoms with Crippen molar-refractivity contribution in [1.82, 2.24) is 10.2 Å². The number of nitrogens with one attached hydrogen (secondary N) is 1. The van der Waals surface area contributed by atoms with E-state index in [1.54, 1.807) is 0 Å². The average molecular weight is 433 g/mol. The molecule has 4 amide bonds. The molecule has 0 saturated carbocycles. The number of imide groups is 2. The van der Waals surface area contributed by atoms with Crippen LogP contribution >= 0.6 is 0 Å². The van der Waals surface area contributed by atoms with Crippen LogP contribution in [0, 0.1) is 26.2 Å². The molecule has 7 heteroatoms. The third kappa shape index (κ3) is 2.80. The Bertz CT molecular complexity index is 1140. The van der Waals surface area contributed by atoms with E-state index < -0.39 is 23.3 Å². The van der Waals surface area contributed by atoms with Gasteiger partial charge in [0.15, 0.2) is 5.41 Å². The number of para-hydroxylation sites is 1. The molecule has 0 bridgehead atoms. The molecule has 0 radical (unpaired) electrons. The molecule has 3 heterocycles. The number of carbonyl (C=O) groups excluding carboxylic acids is 3. The number of amides is 4. The van der Waals surface area contributed by atoms with Crippen LogP contribution in [0.2, 0.25) is 0 Å². The number of rotatable bonds is 1. The van der Waals surface area contributed by atoms with Gasteiger partial charge in [0.25, 0.3) is 5.91 Å². The van der Waals surface area contributed by atoms with Gasteiger partial charge in [0, 0.05) is 25.3 Å². The molecule has 2 saturated heterocycles. The van der Waals surface area contributed by atoms with Gasteiger partial charge in [-0.3, -0.25) is 14.9 Å². The molecule has 2 fully saturated rings. The molecule has 0 unspecified atom stereocenters. The molecule has 2 aromatic carbocycles. The van der Waals surface area contributed by atoms with Gasteiger partial charge < -0.3 is 9.80 Å². The predicted octanol–water partition coefficient (Wildman–Crippen LogP) is 2.56. The summed E-state index contributed by atoms with van der Waals surface area (Å²) in [6, 6.07) is 10.9. The minimum atomic E-state index is -1.37. The van der Waals surface area contributed by atoms with Gasteiger partial charge in [-0.15, -0.1) is 0 Å². The number of fused-ring (bicyclic) bond motifs is 4. The summed E-state index contributed by atoms with van der Waals surface area (Å²) in [7, 11) is 2.01. The molecule has 32 heavy (non-hydrogen) atoms. The fourth-order valence-electron chi connectivity index (χ4n) is 5.82. The number of piperazine rings is 1. The van der Waals surface area contributed by atoms with E-state index in [1.165, 1.54) is 4.90 Å². The summed E-state index contributed by atoms with van der Waals surface area (Å²) in [5, 5.41) is 2.55. The van der Waals surface area contributed by atoms with E-state index in [1.807, 2.05) is 58.2 Å². The number of aryl methyl sites for hydroxylation is 3. The lowest BCUT2D eigenvalue weighted by atomic mass is 9.67. The lowest BCUT2D eigenvalue weighted by molar-refractivity contribution is -0.145. The number of barbiturate groups is 1. The third-order valence-electron chi connectivity index (χ3n) is 7.20. The quantitative estimate of drug-likeness (QED) is 0.702. The molecular weight excluding hydrogens is 404 g/mol. The Labute approximate surface area is 188 Å². The lowest BCUT2D eigenvalue weighted by Gasteiger charge is -2.55. The van der Waals surface area contributed by atoms with Crippen molar-refractivity contribution in [3.8, 4) is 0 Å². The maximum atomic E-state index is 14.3. The van der Waals surface area contributed by atoms with Gasteiger partial charge in [0.1, 0.15) is 0 Å². The summed E-state index contributed by atoms with van der Waals surface area (Å²) in [5.41, 5.74) is 3.96. The normalized spacial score (nSPS) is 25.6. The second-order valence-corrected chi connectivity index (χ2v) is 9.40. The van der Waals surface area contributed by atoms with Crippen LogP contribution in [-0.4, -0.2) is 55.5 Å². The first-order valence-electron chi connectivity index (χ1n) is 11.0. The number of nitrogens with zero attached hydrogens (tertiary/aromatic N) is 3. The fourth-order valence-corrected chi connectivity index (χ4v) is 5.82. The maximum absolute atomic E-state index is 14.3. The van der Waals surface area contributed by atoms with Crippen molar-refractivity contribution in [2.75, 3.05) is 36.5 Å². The van der Waals surface area contributed by atoms with E-state index in [0.29, 0.717) is 12.2 Å². The second-order valence-electron chi connectivity index (χ2n) is 9.40. The van der Waals surface area contributed by atoms with Crippen molar-refractivity contribution >= 4 is 29.2 Å². The molecule has 3 aliphatic heterocycles. The van der Waals surface area contributed by atoms with Gasteiger partial charge in [-0.2, -0.15) is 0 Å². The standard InChI is InChI=1S/C25H28N4O3/c1-15-11-16(2)21(17(3)12-15)29-23(31)25(22(30)26-24(29)32)13-18-7-5-6-8-19(18)28-10-9-27(4)14-20(25)28/h5-8,11-12,20H,9-10,13-14H2,1-4H3,(H,26,30,32)/t20-,25+/m1/s1. The maximum Gasteiger partial charge on any atom is 0.335 e. The van der Waals surface area contributed by atoms with Gasteiger partial charge in [-0.05, 0) is 57.0 Å². The molecule has 166 valence electrons. The molecular formula is C25H28N4O3. The second kappa shape index (κ2) is 7.17. The Hall–Kier alpha value is -3.19. The number of benzene rings is 2. The molecule has 7 nitrogen and oxygen atoms in total. The monoisotopic (exact) mass is 432 g/mol. The molecule has 0 aromatic heterocycles. The van der Waals surface area contributed by atoms with Crippen LogP contribution < -0.4 is 15.1 Å². The first-order valence-corrected chi connectivity index (χ1v) is 11.0. The molecule has 3 aliphatic rings. The lowest BCUT2D eigenvalue weighted by Crippen LogP contribution is -2.75. The van der Waals surface area contributed by atoms with Crippen LogP contribution in [0.5, 0.6) is 0 Å². The average Bonchev–Trinajstić information content (AvgIpc) is 2.73. The van der Waals surface area contributed by atoms with Crippen LogP contribution in [-0.2, 0) is 16.0 Å². The minimum absolute atomic E-state index is 0.274. The minimum Gasteiger partial charge on any atom is -0.364 e. The van der Waals surface area contributed by atoms with Crippen molar-refractivity contribution < 1.29 is 14.4 Å². The van der Waals surface area contributed by atoms with Crippen molar-refractivity contribution in [2.45, 2.75) is 33.2 Å². The number of carbonyl (C=O) groups is 3. The highest BCUT2D eigenvalue weighted by Gasteiger charge is 2.63. The number of urea groups is 1. The zero-order chi connectivity index (χ0) is 22.8.